The van der Waals surface area contributed by atoms with Gasteiger partial charge in [-0.05, 0) is 12.1 Å². The van der Waals surface area contributed by atoms with Crippen LogP contribution in [0.3, 0.4) is 0 Å². The Morgan fingerprint density at radius 2 is 2.00 bits per heavy atom. The second kappa shape index (κ2) is 2.86. The number of aromatic nitrogens is 1. The molecule has 2 aromatic rings. The van der Waals surface area contributed by atoms with Crippen molar-refractivity contribution in [2.75, 3.05) is 0 Å². The molecule has 64 valence electrons. The first-order valence-electron chi connectivity index (χ1n) is 3.97. The maximum absolute atomic E-state index is 7.37. The molecule has 1 heterocycles. The van der Waals surface area contributed by atoms with E-state index >= 15 is 0 Å². The Morgan fingerprint density at radius 1 is 1.23 bits per heavy atom. The number of nitrogens with two attached hydrogens (primary N) is 1. The number of fused-ring (bicyclic) bond motifs is 1. The number of amidine groups is 1. The zero-order valence-corrected chi connectivity index (χ0v) is 6.99. The van der Waals surface area contributed by atoms with Gasteiger partial charge in [0.05, 0.1) is 5.52 Å². The Hall–Kier alpha value is -1.90. The van der Waals surface area contributed by atoms with Gasteiger partial charge in [-0.2, -0.15) is 0 Å². The van der Waals surface area contributed by atoms with E-state index in [9.17, 15) is 0 Å². The van der Waals surface area contributed by atoms with Crippen LogP contribution in [-0.2, 0) is 0 Å². The van der Waals surface area contributed by atoms with Crippen LogP contribution in [0.1, 0.15) is 5.56 Å². The molecule has 0 atom stereocenters. The molecule has 1 aromatic heterocycles. The molecule has 0 aliphatic rings. The summed E-state index contributed by atoms with van der Waals surface area (Å²) < 4.78 is 0. The van der Waals surface area contributed by atoms with Crippen LogP contribution in [-0.4, -0.2) is 10.8 Å². The summed E-state index contributed by atoms with van der Waals surface area (Å²) in [5.74, 6) is 0.0820. The number of rotatable bonds is 1. The number of hydrogen-bond acceptors (Lipinski definition) is 2. The van der Waals surface area contributed by atoms with Crippen LogP contribution < -0.4 is 5.73 Å². The number of nitrogens with one attached hydrogen (secondary N) is 1. The SMILES string of the molecule is N=C(N)c1ccnc2ccccc12. The molecular weight excluding hydrogens is 162 g/mol. The fourth-order valence-electron chi connectivity index (χ4n) is 1.33. The highest BCUT2D eigenvalue weighted by atomic mass is 14.7. The Kier molecular flexibility index (Phi) is 1.70. The summed E-state index contributed by atoms with van der Waals surface area (Å²) in [6.45, 7) is 0. The summed E-state index contributed by atoms with van der Waals surface area (Å²) in [5, 5.41) is 8.30. The Labute approximate surface area is 75.7 Å². The lowest BCUT2D eigenvalue weighted by molar-refractivity contribution is 1.38. The lowest BCUT2D eigenvalue weighted by Crippen LogP contribution is -2.11. The summed E-state index contributed by atoms with van der Waals surface area (Å²) in [5.41, 5.74) is 7.05. The lowest BCUT2D eigenvalue weighted by atomic mass is 10.1. The normalized spacial score (nSPS) is 10.2. The molecule has 0 radical (unpaired) electrons. The highest BCUT2D eigenvalue weighted by molar-refractivity contribution is 6.06. The molecule has 1 aromatic carbocycles. The summed E-state index contributed by atoms with van der Waals surface area (Å²) >= 11 is 0. The lowest BCUT2D eigenvalue weighted by Gasteiger charge is -2.02. The first-order chi connectivity index (χ1) is 6.29. The minimum absolute atomic E-state index is 0.0820. The highest BCUT2D eigenvalue weighted by Gasteiger charge is 2.02. The summed E-state index contributed by atoms with van der Waals surface area (Å²) in [4.78, 5) is 4.17. The van der Waals surface area contributed by atoms with E-state index < -0.39 is 0 Å². The summed E-state index contributed by atoms with van der Waals surface area (Å²) in [6, 6.07) is 9.40. The predicted molar refractivity (Wildman–Crippen MR) is 52.8 cm³/mol. The van der Waals surface area contributed by atoms with Crippen molar-refractivity contribution in [3.8, 4) is 0 Å². The maximum Gasteiger partial charge on any atom is 0.123 e. The van der Waals surface area contributed by atoms with E-state index in [0.717, 1.165) is 16.5 Å². The average Bonchev–Trinajstić information content (AvgIpc) is 2.17. The van der Waals surface area contributed by atoms with Crippen LogP contribution in [0.15, 0.2) is 36.5 Å². The van der Waals surface area contributed by atoms with Gasteiger partial charge in [0.15, 0.2) is 0 Å². The number of benzene rings is 1. The standard InChI is InChI=1S/C10H9N3/c11-10(12)8-5-6-13-9-4-2-1-3-7(8)9/h1-6H,(H3,11,12). The van der Waals surface area contributed by atoms with Crippen molar-refractivity contribution in [3.05, 3.63) is 42.1 Å². The van der Waals surface area contributed by atoms with Crippen LogP contribution in [0.5, 0.6) is 0 Å². The van der Waals surface area contributed by atoms with Crippen molar-refractivity contribution in [1.29, 1.82) is 5.41 Å². The first kappa shape index (κ1) is 7.73. The first-order valence-corrected chi connectivity index (χ1v) is 3.97. The van der Waals surface area contributed by atoms with Gasteiger partial charge in [0.1, 0.15) is 5.84 Å². The van der Waals surface area contributed by atoms with Gasteiger partial charge in [-0.3, -0.25) is 10.4 Å². The van der Waals surface area contributed by atoms with E-state index in [2.05, 4.69) is 4.98 Å². The molecule has 0 bridgehead atoms. The number of pyridine rings is 1. The van der Waals surface area contributed by atoms with Crippen molar-refractivity contribution in [2.24, 2.45) is 5.73 Å². The minimum Gasteiger partial charge on any atom is -0.384 e. The number of para-hydroxylation sites is 1. The van der Waals surface area contributed by atoms with Crippen LogP contribution in [0, 0.1) is 5.41 Å². The van der Waals surface area contributed by atoms with E-state index in [-0.39, 0.29) is 5.84 Å². The van der Waals surface area contributed by atoms with E-state index in [1.54, 1.807) is 12.3 Å². The molecular formula is C10H9N3. The minimum atomic E-state index is 0.0820. The fraction of sp³-hybridized carbons (Fsp3) is 0. The van der Waals surface area contributed by atoms with E-state index in [1.807, 2.05) is 24.3 Å². The van der Waals surface area contributed by atoms with Crippen molar-refractivity contribution in [2.45, 2.75) is 0 Å². The summed E-state index contributed by atoms with van der Waals surface area (Å²) in [6.07, 6.45) is 1.67. The van der Waals surface area contributed by atoms with Crippen LogP contribution >= 0.6 is 0 Å². The third-order valence-corrected chi connectivity index (χ3v) is 1.94. The van der Waals surface area contributed by atoms with Gasteiger partial charge in [0, 0.05) is 17.1 Å². The molecule has 0 saturated heterocycles. The number of nitrogens with zero attached hydrogens (tertiary/aromatic N) is 1. The van der Waals surface area contributed by atoms with Crippen LogP contribution in [0.4, 0.5) is 0 Å². The monoisotopic (exact) mass is 171 g/mol. The molecule has 3 nitrogen and oxygen atoms in total. The zero-order valence-electron chi connectivity index (χ0n) is 6.99. The second-order valence-electron chi connectivity index (χ2n) is 2.79. The number of nitrogen functional groups attached to an aromatic ring is 1. The average molecular weight is 171 g/mol. The second-order valence-corrected chi connectivity index (χ2v) is 2.79. The molecule has 3 N–H and O–H groups in total. The predicted octanol–water partition coefficient (Wildman–Crippen LogP) is 1.52. The van der Waals surface area contributed by atoms with Gasteiger partial charge in [-0.1, -0.05) is 18.2 Å². The van der Waals surface area contributed by atoms with Gasteiger partial charge < -0.3 is 5.73 Å². The molecule has 0 spiro atoms. The fourth-order valence-corrected chi connectivity index (χ4v) is 1.33. The molecule has 0 aliphatic heterocycles. The Morgan fingerprint density at radius 3 is 2.77 bits per heavy atom. The molecule has 3 heteroatoms. The molecule has 0 fully saturated rings. The quantitative estimate of drug-likeness (QED) is 0.504. The van der Waals surface area contributed by atoms with Gasteiger partial charge in [0.25, 0.3) is 0 Å². The van der Waals surface area contributed by atoms with E-state index in [0.29, 0.717) is 0 Å². The van der Waals surface area contributed by atoms with Gasteiger partial charge in [-0.15, -0.1) is 0 Å². The smallest absolute Gasteiger partial charge is 0.123 e. The van der Waals surface area contributed by atoms with Crippen LogP contribution in [0.2, 0.25) is 0 Å². The molecule has 0 aliphatic carbocycles. The topological polar surface area (TPSA) is 62.8 Å². The summed E-state index contributed by atoms with van der Waals surface area (Å²) in [7, 11) is 0. The van der Waals surface area contributed by atoms with Gasteiger partial charge in [-0.25, -0.2) is 0 Å². The third kappa shape index (κ3) is 1.24. The maximum atomic E-state index is 7.37. The zero-order chi connectivity index (χ0) is 9.26. The molecule has 2 rings (SSSR count). The van der Waals surface area contributed by atoms with Crippen molar-refractivity contribution >= 4 is 16.7 Å². The molecule has 0 amide bonds. The molecule has 0 unspecified atom stereocenters. The number of hydrogen-bond donors (Lipinski definition) is 2. The Balaban J connectivity index is 2.83. The van der Waals surface area contributed by atoms with Crippen molar-refractivity contribution in [1.82, 2.24) is 4.98 Å². The van der Waals surface area contributed by atoms with Gasteiger partial charge in [0.2, 0.25) is 0 Å². The third-order valence-electron chi connectivity index (χ3n) is 1.94. The van der Waals surface area contributed by atoms with Crippen molar-refractivity contribution in [3.63, 3.8) is 0 Å². The van der Waals surface area contributed by atoms with Gasteiger partial charge >= 0.3 is 0 Å². The van der Waals surface area contributed by atoms with E-state index in [1.165, 1.54) is 0 Å². The molecule has 13 heavy (non-hydrogen) atoms. The molecule has 0 saturated carbocycles. The van der Waals surface area contributed by atoms with Crippen LogP contribution in [0.25, 0.3) is 10.9 Å². The van der Waals surface area contributed by atoms with E-state index in [4.69, 9.17) is 11.1 Å². The Bertz CT molecular complexity index is 457. The van der Waals surface area contributed by atoms with Crippen molar-refractivity contribution < 1.29 is 0 Å². The highest BCUT2D eigenvalue weighted by Crippen LogP contribution is 2.14. The largest absolute Gasteiger partial charge is 0.384 e.